The van der Waals surface area contributed by atoms with E-state index in [9.17, 15) is 9.90 Å². The molecule has 3 N–H and O–H groups in total. The van der Waals surface area contributed by atoms with E-state index in [4.69, 9.17) is 0 Å². The van der Waals surface area contributed by atoms with Crippen LogP contribution in [-0.4, -0.2) is 61.3 Å². The summed E-state index contributed by atoms with van der Waals surface area (Å²) in [5.74, 6) is 0.501. The van der Waals surface area contributed by atoms with Gasteiger partial charge >= 0.3 is 0 Å². The number of nitrogens with one attached hydrogen (secondary N) is 2. The molecule has 1 unspecified atom stereocenters. The number of rotatable bonds is 6. The Balaban J connectivity index is 2.29. The number of aliphatic hydroxyl groups is 1. The summed E-state index contributed by atoms with van der Waals surface area (Å²) in [6, 6.07) is -0.109. The van der Waals surface area contributed by atoms with Crippen LogP contribution in [0, 0.1) is 5.92 Å². The van der Waals surface area contributed by atoms with Crippen LogP contribution in [0.1, 0.15) is 26.7 Å². The van der Waals surface area contributed by atoms with E-state index in [-0.39, 0.29) is 18.6 Å². The molecule has 0 spiro atoms. The summed E-state index contributed by atoms with van der Waals surface area (Å²) >= 11 is 0. The van der Waals surface area contributed by atoms with Crippen LogP contribution >= 0.6 is 0 Å². The Labute approximate surface area is 110 Å². The normalized spacial score (nSPS) is 19.6. The number of hydrogen-bond donors (Lipinski definition) is 3. The fraction of sp³-hybridized carbons (Fsp3) is 0.923. The van der Waals surface area contributed by atoms with E-state index in [1.165, 1.54) is 0 Å². The minimum absolute atomic E-state index is 0.0193. The standard InChI is InChI=1S/C13H27N3O2/c1-11(2)8-12(10-17)15-13(18)9-16-6-3-4-14-5-7-16/h11-12,14,17H,3-10H2,1-2H3,(H,15,18). The first-order valence-corrected chi connectivity index (χ1v) is 6.95. The second-order valence-electron chi connectivity index (χ2n) is 5.46. The van der Waals surface area contributed by atoms with E-state index in [0.717, 1.165) is 39.0 Å². The monoisotopic (exact) mass is 257 g/mol. The molecule has 0 aliphatic carbocycles. The molecule has 5 heteroatoms. The van der Waals surface area contributed by atoms with Gasteiger partial charge in [0.2, 0.25) is 5.91 Å². The van der Waals surface area contributed by atoms with Crippen LogP contribution in [0.4, 0.5) is 0 Å². The van der Waals surface area contributed by atoms with E-state index in [1.807, 2.05) is 0 Å². The first-order chi connectivity index (χ1) is 8.61. The van der Waals surface area contributed by atoms with Crippen molar-refractivity contribution >= 4 is 5.91 Å². The molecule has 1 fully saturated rings. The van der Waals surface area contributed by atoms with E-state index in [1.54, 1.807) is 0 Å². The van der Waals surface area contributed by atoms with Crippen molar-refractivity contribution in [3.05, 3.63) is 0 Å². The van der Waals surface area contributed by atoms with Crippen LogP contribution in [0.3, 0.4) is 0 Å². The lowest BCUT2D eigenvalue weighted by molar-refractivity contribution is -0.123. The third-order valence-corrected chi connectivity index (χ3v) is 3.14. The largest absolute Gasteiger partial charge is 0.394 e. The van der Waals surface area contributed by atoms with Gasteiger partial charge in [-0.2, -0.15) is 0 Å². The Morgan fingerprint density at radius 3 is 2.83 bits per heavy atom. The van der Waals surface area contributed by atoms with E-state index in [0.29, 0.717) is 12.5 Å². The molecular formula is C13H27N3O2. The van der Waals surface area contributed by atoms with Crippen LogP contribution in [0.15, 0.2) is 0 Å². The molecule has 0 saturated carbocycles. The lowest BCUT2D eigenvalue weighted by Gasteiger charge is -2.22. The summed E-state index contributed by atoms with van der Waals surface area (Å²) in [5, 5.41) is 15.5. The molecule has 1 aliphatic heterocycles. The highest BCUT2D eigenvalue weighted by molar-refractivity contribution is 5.78. The number of hydrogen-bond acceptors (Lipinski definition) is 4. The van der Waals surface area contributed by atoms with Gasteiger partial charge in [0.05, 0.1) is 19.2 Å². The first kappa shape index (κ1) is 15.4. The third-order valence-electron chi connectivity index (χ3n) is 3.14. The number of amides is 1. The second-order valence-corrected chi connectivity index (χ2v) is 5.46. The summed E-state index contributed by atoms with van der Waals surface area (Å²) in [4.78, 5) is 14.1. The molecule has 1 atom stereocenters. The summed E-state index contributed by atoms with van der Waals surface area (Å²) in [6.45, 7) is 8.51. The molecule has 18 heavy (non-hydrogen) atoms. The Hall–Kier alpha value is -0.650. The molecule has 106 valence electrons. The average Bonchev–Trinajstić information content (AvgIpc) is 2.56. The Morgan fingerprint density at radius 2 is 2.17 bits per heavy atom. The van der Waals surface area contributed by atoms with Crippen LogP contribution < -0.4 is 10.6 Å². The molecule has 1 amide bonds. The number of carbonyl (C=O) groups excluding carboxylic acids is 1. The van der Waals surface area contributed by atoms with Crippen molar-refractivity contribution in [3.63, 3.8) is 0 Å². The van der Waals surface area contributed by atoms with Crippen LogP contribution in [-0.2, 0) is 4.79 Å². The van der Waals surface area contributed by atoms with Crippen LogP contribution in [0.25, 0.3) is 0 Å². The molecule has 1 rings (SSSR count). The maximum Gasteiger partial charge on any atom is 0.234 e. The van der Waals surface area contributed by atoms with Crippen molar-refractivity contribution in [1.82, 2.24) is 15.5 Å². The summed E-state index contributed by atoms with van der Waals surface area (Å²) in [7, 11) is 0. The molecule has 0 radical (unpaired) electrons. The zero-order valence-corrected chi connectivity index (χ0v) is 11.6. The number of carbonyl (C=O) groups is 1. The molecule has 0 aromatic carbocycles. The second kappa shape index (κ2) is 8.45. The van der Waals surface area contributed by atoms with Crippen molar-refractivity contribution in [1.29, 1.82) is 0 Å². The fourth-order valence-electron chi connectivity index (χ4n) is 2.28. The van der Waals surface area contributed by atoms with Gasteiger partial charge in [-0.1, -0.05) is 13.8 Å². The molecule has 0 aromatic heterocycles. The summed E-state index contributed by atoms with van der Waals surface area (Å²) in [5.41, 5.74) is 0. The smallest absolute Gasteiger partial charge is 0.234 e. The minimum atomic E-state index is -0.109. The number of nitrogens with zero attached hydrogens (tertiary/aromatic N) is 1. The molecule has 1 aliphatic rings. The van der Waals surface area contributed by atoms with Crippen molar-refractivity contribution in [3.8, 4) is 0 Å². The fourth-order valence-corrected chi connectivity index (χ4v) is 2.28. The molecule has 1 heterocycles. The predicted molar refractivity (Wildman–Crippen MR) is 72.4 cm³/mol. The van der Waals surface area contributed by atoms with Gasteiger partial charge in [-0.3, -0.25) is 9.69 Å². The molecule has 0 bridgehead atoms. The maximum absolute atomic E-state index is 11.9. The van der Waals surface area contributed by atoms with Gasteiger partial charge in [0.15, 0.2) is 0 Å². The molecular weight excluding hydrogens is 230 g/mol. The lowest BCUT2D eigenvalue weighted by Crippen LogP contribution is -2.44. The van der Waals surface area contributed by atoms with Gasteiger partial charge in [-0.15, -0.1) is 0 Å². The average molecular weight is 257 g/mol. The van der Waals surface area contributed by atoms with Gasteiger partial charge < -0.3 is 15.7 Å². The quantitative estimate of drug-likeness (QED) is 0.617. The lowest BCUT2D eigenvalue weighted by atomic mass is 10.0. The van der Waals surface area contributed by atoms with Gasteiger partial charge in [-0.25, -0.2) is 0 Å². The van der Waals surface area contributed by atoms with E-state index in [2.05, 4.69) is 29.4 Å². The number of aliphatic hydroxyl groups excluding tert-OH is 1. The van der Waals surface area contributed by atoms with Crippen molar-refractivity contribution in [2.45, 2.75) is 32.7 Å². The molecule has 1 saturated heterocycles. The highest BCUT2D eigenvalue weighted by Gasteiger charge is 2.16. The Morgan fingerprint density at radius 1 is 1.39 bits per heavy atom. The maximum atomic E-state index is 11.9. The van der Waals surface area contributed by atoms with E-state index < -0.39 is 0 Å². The zero-order chi connectivity index (χ0) is 13.4. The van der Waals surface area contributed by atoms with E-state index >= 15 is 0 Å². The SMILES string of the molecule is CC(C)CC(CO)NC(=O)CN1CCCNCC1. The minimum Gasteiger partial charge on any atom is -0.394 e. The third kappa shape index (κ3) is 6.33. The highest BCUT2D eigenvalue weighted by Crippen LogP contribution is 2.04. The zero-order valence-electron chi connectivity index (χ0n) is 11.6. The summed E-state index contributed by atoms with van der Waals surface area (Å²) < 4.78 is 0. The van der Waals surface area contributed by atoms with Gasteiger partial charge in [-0.05, 0) is 31.8 Å². The van der Waals surface area contributed by atoms with Gasteiger partial charge in [0.1, 0.15) is 0 Å². The van der Waals surface area contributed by atoms with Crippen LogP contribution in [0.5, 0.6) is 0 Å². The van der Waals surface area contributed by atoms with Crippen molar-refractivity contribution in [2.24, 2.45) is 5.92 Å². The topological polar surface area (TPSA) is 64.6 Å². The van der Waals surface area contributed by atoms with Crippen molar-refractivity contribution in [2.75, 3.05) is 39.3 Å². The van der Waals surface area contributed by atoms with Gasteiger partial charge in [0.25, 0.3) is 0 Å². The van der Waals surface area contributed by atoms with Crippen molar-refractivity contribution < 1.29 is 9.90 Å². The Kier molecular flexibility index (Phi) is 7.23. The predicted octanol–water partition coefficient (Wildman–Crippen LogP) is -0.195. The molecule has 5 nitrogen and oxygen atoms in total. The highest BCUT2D eigenvalue weighted by atomic mass is 16.3. The van der Waals surface area contributed by atoms with Crippen LogP contribution in [0.2, 0.25) is 0 Å². The molecule has 0 aromatic rings. The summed E-state index contributed by atoms with van der Waals surface area (Å²) in [6.07, 6.45) is 1.91. The van der Waals surface area contributed by atoms with Gasteiger partial charge in [0, 0.05) is 13.1 Å². The Bertz CT molecular complexity index is 232. The first-order valence-electron chi connectivity index (χ1n) is 6.95.